The van der Waals surface area contributed by atoms with Crippen LogP contribution in [0.4, 0.5) is 5.13 Å². The number of thiazole rings is 1. The number of carboxylic acids is 1. The van der Waals surface area contributed by atoms with Gasteiger partial charge >= 0.3 is 17.8 Å². The minimum atomic E-state index is -1.29. The zero-order chi connectivity index (χ0) is 26.1. The highest BCUT2D eigenvalue weighted by Gasteiger charge is 2.54. The second kappa shape index (κ2) is 10.3. The predicted octanol–water partition coefficient (Wildman–Crippen LogP) is -2.08. The molecule has 0 radical (unpaired) electrons. The summed E-state index contributed by atoms with van der Waals surface area (Å²) in [5.74, 6) is -3.76. The maximum atomic E-state index is 12.9. The van der Waals surface area contributed by atoms with E-state index in [-0.39, 0.29) is 33.7 Å². The SMILES string of the molecule is CO/N=C(\C(=O)N[C@@H]1C(=O)N2C(C(=O)O)=C(CSC3NC(=O)C(=O)NN3C)CS[C@H]12)c1csc(N)n1. The van der Waals surface area contributed by atoms with E-state index >= 15 is 0 Å². The number of aliphatic carboxylic acids is 1. The fourth-order valence-electron chi connectivity index (χ4n) is 3.57. The van der Waals surface area contributed by atoms with Gasteiger partial charge in [0.2, 0.25) is 0 Å². The normalized spacial score (nSPS) is 24.5. The van der Waals surface area contributed by atoms with Gasteiger partial charge in [0.1, 0.15) is 35.4 Å². The van der Waals surface area contributed by atoms with E-state index in [0.29, 0.717) is 5.57 Å². The molecule has 1 aromatic rings. The Morgan fingerprint density at radius 1 is 1.39 bits per heavy atom. The Hall–Kier alpha value is -3.35. The molecule has 0 aromatic carbocycles. The van der Waals surface area contributed by atoms with Gasteiger partial charge in [-0.05, 0) is 5.57 Å². The molecule has 2 fully saturated rings. The molecule has 1 unspecified atom stereocenters. The molecule has 15 nitrogen and oxygen atoms in total. The Morgan fingerprint density at radius 3 is 2.78 bits per heavy atom. The van der Waals surface area contributed by atoms with Crippen LogP contribution in [0.15, 0.2) is 21.8 Å². The molecule has 4 heterocycles. The van der Waals surface area contributed by atoms with Crippen LogP contribution < -0.4 is 21.8 Å². The van der Waals surface area contributed by atoms with E-state index in [1.165, 1.54) is 41.0 Å². The molecule has 2 saturated heterocycles. The lowest BCUT2D eigenvalue weighted by atomic mass is 10.0. The average Bonchev–Trinajstić information content (AvgIpc) is 3.27. The molecule has 0 bridgehead atoms. The van der Waals surface area contributed by atoms with Gasteiger partial charge in [-0.25, -0.2) is 9.78 Å². The van der Waals surface area contributed by atoms with E-state index in [1.807, 2.05) is 0 Å². The molecular formula is C18H20N8O7S3. The number of fused-ring (bicyclic) bond motifs is 1. The Bertz CT molecular complexity index is 1200. The fraction of sp³-hybridized carbons (Fsp3) is 0.389. The summed E-state index contributed by atoms with van der Waals surface area (Å²) in [6, 6.07) is -0.983. The smallest absolute Gasteiger partial charge is 0.352 e. The van der Waals surface area contributed by atoms with E-state index in [1.54, 1.807) is 7.05 Å². The number of nitrogens with one attached hydrogen (secondary N) is 3. The van der Waals surface area contributed by atoms with E-state index in [2.05, 4.69) is 26.2 Å². The van der Waals surface area contributed by atoms with Crippen LogP contribution in [0.2, 0.25) is 0 Å². The molecule has 4 rings (SSSR count). The van der Waals surface area contributed by atoms with Crippen LogP contribution >= 0.6 is 34.9 Å². The molecule has 6 N–H and O–H groups in total. The van der Waals surface area contributed by atoms with Crippen molar-refractivity contribution in [1.82, 2.24) is 31.0 Å². The minimum Gasteiger partial charge on any atom is -0.477 e. The highest BCUT2D eigenvalue weighted by molar-refractivity contribution is 8.01. The summed E-state index contributed by atoms with van der Waals surface area (Å²) in [4.78, 5) is 70.8. The number of amides is 4. The third kappa shape index (κ3) is 4.84. The molecular weight excluding hydrogens is 536 g/mol. The summed E-state index contributed by atoms with van der Waals surface area (Å²) in [5, 5.41) is 21.1. The van der Waals surface area contributed by atoms with Gasteiger partial charge in [-0.2, -0.15) is 5.01 Å². The van der Waals surface area contributed by atoms with Crippen LogP contribution in [-0.4, -0.2) is 97.9 Å². The summed E-state index contributed by atoms with van der Waals surface area (Å²) >= 11 is 3.57. The number of nitrogen functional groups attached to an aromatic ring is 1. The molecule has 1 aromatic heterocycles. The number of carboxylic acid groups (broad SMARTS) is 1. The van der Waals surface area contributed by atoms with Crippen molar-refractivity contribution in [3.05, 3.63) is 22.3 Å². The van der Waals surface area contributed by atoms with Crippen molar-refractivity contribution in [3.8, 4) is 0 Å². The number of hydrogen-bond acceptors (Lipinski definition) is 13. The third-order valence-electron chi connectivity index (χ3n) is 5.20. The first kappa shape index (κ1) is 25.7. The lowest BCUT2D eigenvalue weighted by molar-refractivity contribution is -0.150. The van der Waals surface area contributed by atoms with Crippen LogP contribution in [0, 0.1) is 0 Å². The lowest BCUT2D eigenvalue weighted by Crippen LogP contribution is -2.71. The van der Waals surface area contributed by atoms with E-state index in [0.717, 1.165) is 16.2 Å². The molecule has 3 atom stereocenters. The van der Waals surface area contributed by atoms with Gasteiger partial charge in [0, 0.05) is 23.9 Å². The fourth-order valence-corrected chi connectivity index (χ4v) is 6.66. The molecule has 3 aliphatic heterocycles. The van der Waals surface area contributed by atoms with Crippen molar-refractivity contribution >= 4 is 75.3 Å². The standard InChI is InChI=1S/C18H20N8O7S3/c1-25-18(22-12(28)13(29)23-25)36-4-6-3-34-15-9(14(30)26(15)10(6)16(31)32)21-11(27)8(24-33-2)7-5-35-17(19)20-7/h5,9,15,18H,3-4H2,1-2H3,(H2,19,20)(H,21,27)(H,22,28)(H,23,29)(H,31,32)/b24-8-/t9-,15-,18?/m1/s1. The summed E-state index contributed by atoms with van der Waals surface area (Å²) < 4.78 is 0. The van der Waals surface area contributed by atoms with Crippen LogP contribution in [0.25, 0.3) is 0 Å². The molecule has 192 valence electrons. The van der Waals surface area contributed by atoms with Crippen LogP contribution in [0.1, 0.15) is 5.69 Å². The quantitative estimate of drug-likeness (QED) is 0.101. The number of thioether (sulfide) groups is 2. The second-order valence-corrected chi connectivity index (χ2v) is 10.6. The van der Waals surface area contributed by atoms with Gasteiger partial charge in [-0.3, -0.25) is 29.5 Å². The molecule has 3 aliphatic rings. The number of hydrogen-bond donors (Lipinski definition) is 5. The number of carbonyl (C=O) groups is 5. The molecule has 4 amide bonds. The van der Waals surface area contributed by atoms with Crippen molar-refractivity contribution in [2.75, 3.05) is 31.4 Å². The number of nitrogens with zero attached hydrogens (tertiary/aromatic N) is 4. The number of anilines is 1. The van der Waals surface area contributed by atoms with Crippen LogP contribution in [-0.2, 0) is 28.8 Å². The highest BCUT2D eigenvalue weighted by Crippen LogP contribution is 2.41. The maximum Gasteiger partial charge on any atom is 0.352 e. The number of rotatable bonds is 8. The molecule has 0 aliphatic carbocycles. The van der Waals surface area contributed by atoms with E-state index in [4.69, 9.17) is 10.6 Å². The Labute approximate surface area is 215 Å². The predicted molar refractivity (Wildman–Crippen MR) is 130 cm³/mol. The number of β-lactam (4-membered cyclic amide) rings is 1. The lowest BCUT2D eigenvalue weighted by Gasteiger charge is -2.49. The monoisotopic (exact) mass is 556 g/mol. The molecule has 36 heavy (non-hydrogen) atoms. The summed E-state index contributed by atoms with van der Waals surface area (Å²) in [6.07, 6.45) is 0. The van der Waals surface area contributed by atoms with Gasteiger partial charge < -0.3 is 26.3 Å². The first-order valence-corrected chi connectivity index (χ1v) is 13.1. The highest BCUT2D eigenvalue weighted by atomic mass is 32.2. The first-order chi connectivity index (χ1) is 17.1. The van der Waals surface area contributed by atoms with Gasteiger partial charge in [0.25, 0.3) is 11.8 Å². The summed E-state index contributed by atoms with van der Waals surface area (Å²) in [5.41, 5.74) is 7.67. The average molecular weight is 557 g/mol. The Balaban J connectivity index is 1.46. The Morgan fingerprint density at radius 2 is 2.14 bits per heavy atom. The maximum absolute atomic E-state index is 12.9. The minimum absolute atomic E-state index is 0.170. The zero-order valence-electron chi connectivity index (χ0n) is 18.7. The third-order valence-corrected chi connectivity index (χ3v) is 8.48. The number of carbonyl (C=O) groups excluding carboxylic acids is 4. The van der Waals surface area contributed by atoms with E-state index in [9.17, 15) is 29.1 Å². The number of oxime groups is 1. The van der Waals surface area contributed by atoms with Gasteiger partial charge in [0.15, 0.2) is 10.8 Å². The zero-order valence-corrected chi connectivity index (χ0v) is 21.2. The van der Waals surface area contributed by atoms with Gasteiger partial charge in [0.05, 0.1) is 0 Å². The first-order valence-electron chi connectivity index (χ1n) is 10.1. The van der Waals surface area contributed by atoms with Crippen molar-refractivity contribution in [2.45, 2.75) is 16.9 Å². The largest absolute Gasteiger partial charge is 0.477 e. The topological polar surface area (TPSA) is 209 Å². The number of hydrazine groups is 1. The second-order valence-electron chi connectivity index (χ2n) is 7.50. The number of nitrogens with two attached hydrogens (primary N) is 1. The van der Waals surface area contributed by atoms with Crippen molar-refractivity contribution < 1.29 is 33.9 Å². The van der Waals surface area contributed by atoms with Crippen molar-refractivity contribution in [2.24, 2.45) is 5.16 Å². The van der Waals surface area contributed by atoms with Gasteiger partial charge in [-0.1, -0.05) is 5.16 Å². The van der Waals surface area contributed by atoms with Gasteiger partial charge in [-0.15, -0.1) is 34.9 Å². The summed E-state index contributed by atoms with van der Waals surface area (Å²) in [6.45, 7) is 0. The Kier molecular flexibility index (Phi) is 7.38. The molecule has 18 heteroatoms. The molecule has 0 saturated carbocycles. The van der Waals surface area contributed by atoms with Crippen LogP contribution in [0.3, 0.4) is 0 Å². The van der Waals surface area contributed by atoms with Crippen molar-refractivity contribution in [1.29, 1.82) is 0 Å². The molecule has 0 spiro atoms. The summed E-state index contributed by atoms with van der Waals surface area (Å²) in [7, 11) is 2.81. The van der Waals surface area contributed by atoms with Crippen molar-refractivity contribution in [3.63, 3.8) is 0 Å². The van der Waals surface area contributed by atoms with Crippen LogP contribution in [0.5, 0.6) is 0 Å². The number of aromatic nitrogens is 1. The van der Waals surface area contributed by atoms with E-state index < -0.39 is 46.5 Å².